The molecule has 1 heterocycles. The molecule has 0 fully saturated rings. The van der Waals surface area contributed by atoms with E-state index in [0.29, 0.717) is 5.02 Å². The molecule has 0 spiro atoms. The van der Waals surface area contributed by atoms with E-state index in [1.54, 1.807) is 17.8 Å². The fourth-order valence-corrected chi connectivity index (χ4v) is 3.89. The Morgan fingerprint density at radius 2 is 2.15 bits per heavy atom. The highest BCUT2D eigenvalue weighted by Gasteiger charge is 2.23. The third-order valence-electron chi connectivity index (χ3n) is 3.48. The molecule has 0 saturated heterocycles. The minimum atomic E-state index is -0.131. The maximum Gasteiger partial charge on any atom is 0.137 e. The summed E-state index contributed by atoms with van der Waals surface area (Å²) in [4.78, 5) is 0.763. The van der Waals surface area contributed by atoms with Crippen molar-refractivity contribution >= 4 is 29.1 Å². The number of nitrogens with one attached hydrogen (secondary N) is 1. The number of rotatable bonds is 2. The Morgan fingerprint density at radius 3 is 2.95 bits per heavy atom. The fourth-order valence-electron chi connectivity index (χ4n) is 2.46. The molecule has 4 heteroatoms. The maximum atomic E-state index is 13.8. The van der Waals surface area contributed by atoms with Gasteiger partial charge in [-0.3, -0.25) is 0 Å². The number of aryl methyl sites for hydroxylation is 1. The van der Waals surface area contributed by atoms with Crippen LogP contribution >= 0.6 is 23.4 Å². The molecule has 1 nitrogen and oxygen atoms in total. The summed E-state index contributed by atoms with van der Waals surface area (Å²) in [6.07, 6.45) is 0.964. The van der Waals surface area contributed by atoms with Crippen LogP contribution in [0.1, 0.15) is 23.6 Å². The molecule has 1 atom stereocenters. The molecule has 1 N–H and O–H groups in total. The summed E-state index contributed by atoms with van der Waals surface area (Å²) in [5.41, 5.74) is 3.06. The van der Waals surface area contributed by atoms with Gasteiger partial charge in [-0.05, 0) is 42.7 Å². The van der Waals surface area contributed by atoms with Gasteiger partial charge in [0.15, 0.2) is 0 Å². The average molecular weight is 308 g/mol. The number of anilines is 1. The summed E-state index contributed by atoms with van der Waals surface area (Å²) < 4.78 is 13.8. The number of benzene rings is 2. The molecule has 0 amide bonds. The van der Waals surface area contributed by atoms with Crippen LogP contribution in [0.4, 0.5) is 10.1 Å². The molecule has 1 aliphatic rings. The molecule has 0 radical (unpaired) electrons. The summed E-state index contributed by atoms with van der Waals surface area (Å²) in [7, 11) is 0. The van der Waals surface area contributed by atoms with E-state index in [1.165, 1.54) is 6.07 Å². The van der Waals surface area contributed by atoms with E-state index in [1.807, 2.05) is 31.2 Å². The lowest BCUT2D eigenvalue weighted by molar-refractivity contribution is 0.585. The van der Waals surface area contributed by atoms with E-state index in [9.17, 15) is 4.39 Å². The van der Waals surface area contributed by atoms with Gasteiger partial charge in [-0.15, -0.1) is 11.8 Å². The number of halogens is 2. The van der Waals surface area contributed by atoms with E-state index >= 15 is 0 Å². The van der Waals surface area contributed by atoms with Crippen molar-refractivity contribution in [2.75, 3.05) is 11.1 Å². The van der Waals surface area contributed by atoms with Gasteiger partial charge >= 0.3 is 0 Å². The monoisotopic (exact) mass is 307 g/mol. The highest BCUT2D eigenvalue weighted by Crippen LogP contribution is 2.40. The van der Waals surface area contributed by atoms with Gasteiger partial charge in [-0.25, -0.2) is 4.39 Å². The molecular formula is C16H15ClFNS. The SMILES string of the molecule is Cc1ccc(NC2CCSc3c(F)cccc32)c(Cl)c1. The number of thioether (sulfide) groups is 1. The molecule has 0 aromatic heterocycles. The molecule has 1 aliphatic heterocycles. The van der Waals surface area contributed by atoms with Crippen LogP contribution in [0.5, 0.6) is 0 Å². The Bertz CT molecular complexity index is 644. The normalized spacial score (nSPS) is 17.6. The van der Waals surface area contributed by atoms with Crippen LogP contribution in [0.3, 0.4) is 0 Å². The first-order valence-electron chi connectivity index (χ1n) is 6.59. The lowest BCUT2D eigenvalue weighted by atomic mass is 10.0. The topological polar surface area (TPSA) is 12.0 Å². The van der Waals surface area contributed by atoms with E-state index in [0.717, 1.165) is 33.9 Å². The van der Waals surface area contributed by atoms with Crippen LogP contribution in [-0.4, -0.2) is 5.75 Å². The second-order valence-corrected chi connectivity index (χ2v) is 6.49. The Hall–Kier alpha value is -1.19. The molecule has 3 rings (SSSR count). The van der Waals surface area contributed by atoms with Crippen LogP contribution in [0.25, 0.3) is 0 Å². The molecule has 2 aromatic carbocycles. The third kappa shape index (κ3) is 2.65. The van der Waals surface area contributed by atoms with Crippen LogP contribution in [0.2, 0.25) is 5.02 Å². The van der Waals surface area contributed by atoms with Gasteiger partial charge in [0, 0.05) is 10.6 Å². The van der Waals surface area contributed by atoms with Crippen molar-refractivity contribution in [3.8, 4) is 0 Å². The minimum absolute atomic E-state index is 0.113. The average Bonchev–Trinajstić information content (AvgIpc) is 2.43. The van der Waals surface area contributed by atoms with Gasteiger partial charge in [-0.1, -0.05) is 29.8 Å². The lowest BCUT2D eigenvalue weighted by Gasteiger charge is -2.27. The second kappa shape index (κ2) is 5.66. The van der Waals surface area contributed by atoms with Gasteiger partial charge in [-0.2, -0.15) is 0 Å². The smallest absolute Gasteiger partial charge is 0.137 e. The van der Waals surface area contributed by atoms with Crippen molar-refractivity contribution in [2.24, 2.45) is 0 Å². The first-order valence-corrected chi connectivity index (χ1v) is 7.95. The summed E-state index contributed by atoms with van der Waals surface area (Å²) in [6.45, 7) is 2.01. The van der Waals surface area contributed by atoms with Gasteiger partial charge in [0.05, 0.1) is 16.8 Å². The molecule has 104 valence electrons. The van der Waals surface area contributed by atoms with Crippen LogP contribution in [0.15, 0.2) is 41.3 Å². The van der Waals surface area contributed by atoms with Crippen molar-refractivity contribution < 1.29 is 4.39 Å². The Labute approximate surface area is 127 Å². The minimum Gasteiger partial charge on any atom is -0.377 e. The van der Waals surface area contributed by atoms with Crippen LogP contribution in [-0.2, 0) is 0 Å². The zero-order chi connectivity index (χ0) is 14.1. The largest absolute Gasteiger partial charge is 0.377 e. The highest BCUT2D eigenvalue weighted by atomic mass is 35.5. The van der Waals surface area contributed by atoms with Gasteiger partial charge < -0.3 is 5.32 Å². The lowest BCUT2D eigenvalue weighted by Crippen LogP contribution is -2.17. The van der Waals surface area contributed by atoms with Crippen molar-refractivity contribution in [3.05, 3.63) is 58.4 Å². The molecule has 0 aliphatic carbocycles. The van der Waals surface area contributed by atoms with E-state index in [2.05, 4.69) is 5.32 Å². The molecule has 0 saturated carbocycles. The molecule has 20 heavy (non-hydrogen) atoms. The van der Waals surface area contributed by atoms with Crippen molar-refractivity contribution in [1.29, 1.82) is 0 Å². The zero-order valence-corrected chi connectivity index (χ0v) is 12.7. The molecule has 0 bridgehead atoms. The molecule has 1 unspecified atom stereocenters. The summed E-state index contributed by atoms with van der Waals surface area (Å²) in [5, 5.41) is 4.16. The Balaban J connectivity index is 1.91. The first kappa shape index (κ1) is 13.8. The van der Waals surface area contributed by atoms with Gasteiger partial charge in [0.2, 0.25) is 0 Å². The molecule has 2 aromatic rings. The Kier molecular flexibility index (Phi) is 3.90. The standard InChI is InChI=1S/C16H15ClFNS/c1-10-5-6-15(12(17)9-10)19-14-7-8-20-16-11(14)3-2-4-13(16)18/h2-6,9,14,19H,7-8H2,1H3. The van der Waals surface area contributed by atoms with Gasteiger partial charge in [0.25, 0.3) is 0 Å². The summed E-state index contributed by atoms with van der Waals surface area (Å²) in [5.74, 6) is 0.781. The molecular weight excluding hydrogens is 293 g/mol. The van der Waals surface area contributed by atoms with E-state index in [4.69, 9.17) is 11.6 Å². The highest BCUT2D eigenvalue weighted by molar-refractivity contribution is 7.99. The first-order chi connectivity index (χ1) is 9.65. The van der Waals surface area contributed by atoms with E-state index in [-0.39, 0.29) is 11.9 Å². The Morgan fingerprint density at radius 1 is 1.30 bits per heavy atom. The fraction of sp³-hybridized carbons (Fsp3) is 0.250. The number of hydrogen-bond acceptors (Lipinski definition) is 2. The predicted octanol–water partition coefficient (Wildman–Crippen LogP) is 5.44. The maximum absolute atomic E-state index is 13.8. The van der Waals surface area contributed by atoms with Gasteiger partial charge in [0.1, 0.15) is 5.82 Å². The quantitative estimate of drug-likeness (QED) is 0.793. The van der Waals surface area contributed by atoms with Crippen molar-refractivity contribution in [3.63, 3.8) is 0 Å². The number of fused-ring (bicyclic) bond motifs is 1. The second-order valence-electron chi connectivity index (χ2n) is 4.98. The van der Waals surface area contributed by atoms with Crippen molar-refractivity contribution in [2.45, 2.75) is 24.3 Å². The third-order valence-corrected chi connectivity index (χ3v) is 4.95. The zero-order valence-electron chi connectivity index (χ0n) is 11.1. The van der Waals surface area contributed by atoms with Crippen LogP contribution in [0, 0.1) is 12.7 Å². The summed E-state index contributed by atoms with van der Waals surface area (Å²) >= 11 is 7.85. The van der Waals surface area contributed by atoms with E-state index < -0.39 is 0 Å². The predicted molar refractivity (Wildman–Crippen MR) is 84.3 cm³/mol. The van der Waals surface area contributed by atoms with Crippen molar-refractivity contribution in [1.82, 2.24) is 0 Å². The number of hydrogen-bond donors (Lipinski definition) is 1. The van der Waals surface area contributed by atoms with Crippen LogP contribution < -0.4 is 5.32 Å². The summed E-state index contributed by atoms with van der Waals surface area (Å²) in [6, 6.07) is 11.3.